The second-order valence-electron chi connectivity index (χ2n) is 4.18. The van der Waals surface area contributed by atoms with Gasteiger partial charge in [0.25, 0.3) is 0 Å². The minimum atomic E-state index is -0.182. The van der Waals surface area contributed by atoms with Crippen LogP contribution in [-0.2, 0) is 14.3 Å². The van der Waals surface area contributed by atoms with Gasteiger partial charge in [-0.25, -0.2) is 0 Å². The summed E-state index contributed by atoms with van der Waals surface area (Å²) >= 11 is 0. The number of methoxy groups -OCH3 is 1. The lowest BCUT2D eigenvalue weighted by molar-refractivity contribution is -0.119. The van der Waals surface area contributed by atoms with Gasteiger partial charge in [-0.3, -0.25) is 4.79 Å². The second-order valence-corrected chi connectivity index (χ2v) is 4.18. The number of primary amides is 1. The van der Waals surface area contributed by atoms with E-state index in [-0.39, 0.29) is 5.91 Å². The Bertz CT molecular complexity index is 188. The molecule has 0 heterocycles. The van der Waals surface area contributed by atoms with Gasteiger partial charge in [0.15, 0.2) is 0 Å². The molecule has 0 bridgehead atoms. The quantitative estimate of drug-likeness (QED) is 0.674. The van der Waals surface area contributed by atoms with E-state index in [1.807, 2.05) is 0 Å². The Morgan fingerprint density at radius 2 is 1.93 bits per heavy atom. The summed E-state index contributed by atoms with van der Waals surface area (Å²) in [6.45, 7) is 1.32. The summed E-state index contributed by atoms with van der Waals surface area (Å²) in [5.41, 5.74) is 5.17. The highest BCUT2D eigenvalue weighted by atomic mass is 16.5. The Morgan fingerprint density at radius 3 is 2.47 bits per heavy atom. The van der Waals surface area contributed by atoms with Crippen molar-refractivity contribution in [3.63, 3.8) is 0 Å². The molecule has 4 heteroatoms. The van der Waals surface area contributed by atoms with Crippen LogP contribution in [-0.4, -0.2) is 32.3 Å². The van der Waals surface area contributed by atoms with Crippen molar-refractivity contribution in [2.24, 2.45) is 11.7 Å². The van der Waals surface area contributed by atoms with Gasteiger partial charge in [-0.15, -0.1) is 0 Å². The van der Waals surface area contributed by atoms with Crippen LogP contribution in [0.4, 0.5) is 0 Å². The van der Waals surface area contributed by atoms with Crippen molar-refractivity contribution in [3.8, 4) is 0 Å². The van der Waals surface area contributed by atoms with Crippen LogP contribution in [0.2, 0.25) is 0 Å². The number of ether oxygens (including phenoxy) is 2. The minimum Gasteiger partial charge on any atom is -0.382 e. The van der Waals surface area contributed by atoms with E-state index in [2.05, 4.69) is 0 Å². The van der Waals surface area contributed by atoms with Crippen LogP contribution in [0.1, 0.15) is 32.1 Å². The fraction of sp³-hybridized carbons (Fsp3) is 0.909. The molecule has 0 spiro atoms. The first-order valence-corrected chi connectivity index (χ1v) is 5.61. The maximum Gasteiger partial charge on any atom is 0.217 e. The zero-order chi connectivity index (χ0) is 11.1. The lowest BCUT2D eigenvalue weighted by atomic mass is 9.85. The number of amides is 1. The maximum atomic E-state index is 10.7. The number of rotatable bonds is 6. The lowest BCUT2D eigenvalue weighted by Crippen LogP contribution is -2.25. The lowest BCUT2D eigenvalue weighted by Gasteiger charge is -2.27. The van der Waals surface area contributed by atoms with Crippen LogP contribution in [0.5, 0.6) is 0 Å². The number of carbonyl (C=O) groups is 1. The van der Waals surface area contributed by atoms with Gasteiger partial charge >= 0.3 is 0 Å². The summed E-state index contributed by atoms with van der Waals surface area (Å²) in [5, 5.41) is 0. The molecule has 88 valence electrons. The predicted molar refractivity (Wildman–Crippen MR) is 57.4 cm³/mol. The molecule has 0 aliphatic heterocycles. The fourth-order valence-corrected chi connectivity index (χ4v) is 2.09. The predicted octanol–water partition coefficient (Wildman–Crippen LogP) is 1.08. The second kappa shape index (κ2) is 6.80. The van der Waals surface area contributed by atoms with E-state index >= 15 is 0 Å². The zero-order valence-electron chi connectivity index (χ0n) is 9.41. The molecule has 15 heavy (non-hydrogen) atoms. The zero-order valence-corrected chi connectivity index (χ0v) is 9.41. The summed E-state index contributed by atoms with van der Waals surface area (Å²) in [7, 11) is 1.67. The van der Waals surface area contributed by atoms with Crippen molar-refractivity contribution in [2.75, 3.05) is 20.3 Å². The summed E-state index contributed by atoms with van der Waals surface area (Å²) < 4.78 is 10.6. The van der Waals surface area contributed by atoms with Gasteiger partial charge in [-0.1, -0.05) is 0 Å². The van der Waals surface area contributed by atoms with E-state index in [9.17, 15) is 4.79 Å². The average molecular weight is 215 g/mol. The molecule has 1 fully saturated rings. The molecule has 0 aromatic carbocycles. The van der Waals surface area contributed by atoms with E-state index in [4.69, 9.17) is 15.2 Å². The summed E-state index contributed by atoms with van der Waals surface area (Å²) in [6, 6.07) is 0. The molecule has 0 unspecified atom stereocenters. The monoisotopic (exact) mass is 215 g/mol. The smallest absolute Gasteiger partial charge is 0.217 e. The molecular formula is C11H21NO3. The van der Waals surface area contributed by atoms with E-state index < -0.39 is 0 Å². The Hall–Kier alpha value is -0.610. The molecule has 0 radical (unpaired) electrons. The molecule has 2 N–H and O–H groups in total. The summed E-state index contributed by atoms with van der Waals surface area (Å²) in [4.78, 5) is 10.7. The van der Waals surface area contributed by atoms with E-state index in [1.54, 1.807) is 7.11 Å². The maximum absolute atomic E-state index is 10.7. The highest BCUT2D eigenvalue weighted by molar-refractivity contribution is 5.73. The molecule has 1 amide bonds. The van der Waals surface area contributed by atoms with Crippen LogP contribution < -0.4 is 5.73 Å². The number of hydrogen-bond acceptors (Lipinski definition) is 3. The number of carbonyl (C=O) groups excluding carboxylic acids is 1. The minimum absolute atomic E-state index is 0.182. The van der Waals surface area contributed by atoms with Crippen molar-refractivity contribution >= 4 is 5.91 Å². The SMILES string of the molecule is COCCOC1CCC(CC(N)=O)CC1. The topological polar surface area (TPSA) is 61.6 Å². The number of nitrogens with two attached hydrogens (primary N) is 1. The Morgan fingerprint density at radius 1 is 1.27 bits per heavy atom. The molecule has 0 aromatic heterocycles. The first-order valence-electron chi connectivity index (χ1n) is 5.61. The van der Waals surface area contributed by atoms with Gasteiger partial charge in [0.1, 0.15) is 0 Å². The summed E-state index contributed by atoms with van der Waals surface area (Å²) in [5.74, 6) is 0.295. The van der Waals surface area contributed by atoms with Crippen LogP contribution >= 0.6 is 0 Å². The molecule has 4 nitrogen and oxygen atoms in total. The van der Waals surface area contributed by atoms with Crippen molar-refractivity contribution in [1.29, 1.82) is 0 Å². The van der Waals surface area contributed by atoms with E-state index in [0.29, 0.717) is 31.7 Å². The molecule has 1 aliphatic rings. The van der Waals surface area contributed by atoms with Crippen LogP contribution in [0, 0.1) is 5.92 Å². The number of hydrogen-bond donors (Lipinski definition) is 1. The van der Waals surface area contributed by atoms with E-state index in [1.165, 1.54) is 0 Å². The van der Waals surface area contributed by atoms with E-state index in [0.717, 1.165) is 25.7 Å². The van der Waals surface area contributed by atoms with Crippen molar-refractivity contribution in [1.82, 2.24) is 0 Å². The Labute approximate surface area is 91.1 Å². The van der Waals surface area contributed by atoms with Gasteiger partial charge in [0, 0.05) is 13.5 Å². The molecule has 0 aromatic rings. The van der Waals surface area contributed by atoms with Crippen molar-refractivity contribution in [2.45, 2.75) is 38.2 Å². The van der Waals surface area contributed by atoms with Gasteiger partial charge in [0.2, 0.25) is 5.91 Å². The average Bonchev–Trinajstić information content (AvgIpc) is 2.20. The highest BCUT2D eigenvalue weighted by Gasteiger charge is 2.22. The van der Waals surface area contributed by atoms with Crippen molar-refractivity contribution < 1.29 is 14.3 Å². The third kappa shape index (κ3) is 5.14. The van der Waals surface area contributed by atoms with Crippen molar-refractivity contribution in [3.05, 3.63) is 0 Å². The first kappa shape index (κ1) is 12.5. The van der Waals surface area contributed by atoms with Crippen LogP contribution in [0.3, 0.4) is 0 Å². The largest absolute Gasteiger partial charge is 0.382 e. The Kier molecular flexibility index (Phi) is 5.65. The van der Waals surface area contributed by atoms with Gasteiger partial charge in [-0.2, -0.15) is 0 Å². The van der Waals surface area contributed by atoms with Crippen LogP contribution in [0.25, 0.3) is 0 Å². The molecule has 1 saturated carbocycles. The Balaban J connectivity index is 2.10. The standard InChI is InChI=1S/C11H21NO3/c1-14-6-7-15-10-4-2-9(3-5-10)8-11(12)13/h9-10H,2-8H2,1H3,(H2,12,13). The normalized spacial score (nSPS) is 26.5. The first-order chi connectivity index (χ1) is 7.22. The molecule has 1 aliphatic carbocycles. The molecular weight excluding hydrogens is 194 g/mol. The fourth-order valence-electron chi connectivity index (χ4n) is 2.09. The van der Waals surface area contributed by atoms with Gasteiger partial charge in [-0.05, 0) is 31.6 Å². The van der Waals surface area contributed by atoms with Crippen LogP contribution in [0.15, 0.2) is 0 Å². The summed E-state index contributed by atoms with van der Waals surface area (Å²) in [6.07, 6.45) is 5.08. The third-order valence-corrected chi connectivity index (χ3v) is 2.92. The molecule has 0 saturated heterocycles. The molecule has 0 atom stereocenters. The third-order valence-electron chi connectivity index (χ3n) is 2.92. The highest BCUT2D eigenvalue weighted by Crippen LogP contribution is 2.28. The molecule has 1 rings (SSSR count). The van der Waals surface area contributed by atoms with Gasteiger partial charge < -0.3 is 15.2 Å². The van der Waals surface area contributed by atoms with Gasteiger partial charge in [0.05, 0.1) is 19.3 Å².